The van der Waals surface area contributed by atoms with Gasteiger partial charge < -0.3 is 14.3 Å². The molecule has 0 aliphatic heterocycles. The number of aliphatic hydroxyl groups excluding tert-OH is 1. The molecule has 0 spiro atoms. The number of ether oxygens (including phenoxy) is 1. The molecular formula is C16H16FN3O3. The van der Waals surface area contributed by atoms with Crippen LogP contribution < -0.4 is 4.74 Å². The van der Waals surface area contributed by atoms with Gasteiger partial charge in [-0.05, 0) is 24.6 Å². The molecule has 2 heterocycles. The van der Waals surface area contributed by atoms with Crippen molar-refractivity contribution in [2.45, 2.75) is 19.6 Å². The standard InChI is InChI=1S/C16H16FN3O3/c17-13-3-1-4-14(9-13)23-11-15-18-16(12-5-8-22-10-12)20(19-15)6-2-7-21/h1,3-5,8-10,21H,2,6-7,11H2. The number of halogens is 1. The summed E-state index contributed by atoms with van der Waals surface area (Å²) < 4.78 is 25.4. The molecule has 0 amide bonds. The fourth-order valence-electron chi connectivity index (χ4n) is 2.14. The third kappa shape index (κ3) is 3.75. The molecule has 1 aromatic carbocycles. The molecule has 0 aliphatic carbocycles. The molecule has 0 fully saturated rings. The molecule has 0 unspecified atom stereocenters. The fourth-order valence-corrected chi connectivity index (χ4v) is 2.14. The molecule has 120 valence electrons. The summed E-state index contributed by atoms with van der Waals surface area (Å²) in [6.45, 7) is 0.726. The number of aryl methyl sites for hydroxylation is 1. The summed E-state index contributed by atoms with van der Waals surface area (Å²) in [4.78, 5) is 4.43. The lowest BCUT2D eigenvalue weighted by Crippen LogP contribution is -2.05. The molecule has 0 saturated heterocycles. The summed E-state index contributed by atoms with van der Waals surface area (Å²) in [5, 5.41) is 13.4. The second-order valence-electron chi connectivity index (χ2n) is 4.91. The predicted molar refractivity (Wildman–Crippen MR) is 80.2 cm³/mol. The van der Waals surface area contributed by atoms with Crippen LogP contribution in [-0.2, 0) is 13.2 Å². The summed E-state index contributed by atoms with van der Waals surface area (Å²) in [6.07, 6.45) is 3.71. The molecule has 6 nitrogen and oxygen atoms in total. The van der Waals surface area contributed by atoms with Gasteiger partial charge >= 0.3 is 0 Å². The zero-order valence-electron chi connectivity index (χ0n) is 12.4. The number of benzene rings is 1. The van der Waals surface area contributed by atoms with Gasteiger partial charge in [0.05, 0.1) is 11.8 Å². The molecule has 23 heavy (non-hydrogen) atoms. The first kappa shape index (κ1) is 15.2. The van der Waals surface area contributed by atoms with Crippen LogP contribution in [0.1, 0.15) is 12.2 Å². The summed E-state index contributed by atoms with van der Waals surface area (Å²) >= 11 is 0. The summed E-state index contributed by atoms with van der Waals surface area (Å²) in [5.74, 6) is 1.18. The maximum absolute atomic E-state index is 13.1. The SMILES string of the molecule is OCCCn1nc(COc2cccc(F)c2)nc1-c1ccoc1. The first-order valence-electron chi connectivity index (χ1n) is 7.22. The second kappa shape index (κ2) is 7.06. The van der Waals surface area contributed by atoms with E-state index >= 15 is 0 Å². The molecule has 0 saturated carbocycles. The van der Waals surface area contributed by atoms with Gasteiger partial charge in [-0.1, -0.05) is 6.07 Å². The van der Waals surface area contributed by atoms with E-state index in [2.05, 4.69) is 10.1 Å². The monoisotopic (exact) mass is 317 g/mol. The lowest BCUT2D eigenvalue weighted by molar-refractivity contribution is 0.275. The van der Waals surface area contributed by atoms with Crippen molar-refractivity contribution >= 4 is 0 Å². The average molecular weight is 317 g/mol. The highest BCUT2D eigenvalue weighted by atomic mass is 19.1. The third-order valence-electron chi connectivity index (χ3n) is 3.19. The van der Waals surface area contributed by atoms with E-state index in [1.54, 1.807) is 35.4 Å². The second-order valence-corrected chi connectivity index (χ2v) is 4.91. The van der Waals surface area contributed by atoms with Crippen LogP contribution in [0.15, 0.2) is 47.3 Å². The van der Waals surface area contributed by atoms with Crippen LogP contribution in [0.4, 0.5) is 4.39 Å². The topological polar surface area (TPSA) is 73.3 Å². The van der Waals surface area contributed by atoms with E-state index in [0.717, 1.165) is 5.56 Å². The van der Waals surface area contributed by atoms with Gasteiger partial charge in [0.1, 0.15) is 24.4 Å². The van der Waals surface area contributed by atoms with E-state index in [1.807, 2.05) is 0 Å². The van der Waals surface area contributed by atoms with Gasteiger partial charge in [0.2, 0.25) is 0 Å². The van der Waals surface area contributed by atoms with Gasteiger partial charge in [-0.25, -0.2) is 14.1 Å². The molecule has 3 rings (SSSR count). The van der Waals surface area contributed by atoms with E-state index in [1.165, 1.54) is 12.1 Å². The van der Waals surface area contributed by atoms with Crippen molar-refractivity contribution in [1.29, 1.82) is 0 Å². The Morgan fingerprint density at radius 2 is 2.22 bits per heavy atom. The Balaban J connectivity index is 1.77. The van der Waals surface area contributed by atoms with E-state index in [0.29, 0.717) is 30.4 Å². The van der Waals surface area contributed by atoms with Crippen molar-refractivity contribution in [3.63, 3.8) is 0 Å². The minimum absolute atomic E-state index is 0.0693. The van der Waals surface area contributed by atoms with E-state index in [9.17, 15) is 4.39 Å². The lowest BCUT2D eigenvalue weighted by Gasteiger charge is -2.03. The molecule has 0 atom stereocenters. The van der Waals surface area contributed by atoms with Crippen molar-refractivity contribution in [3.8, 4) is 17.1 Å². The normalized spacial score (nSPS) is 10.9. The molecule has 0 radical (unpaired) electrons. The number of rotatable bonds is 7. The zero-order chi connectivity index (χ0) is 16.1. The maximum Gasteiger partial charge on any atom is 0.188 e. The largest absolute Gasteiger partial charge is 0.485 e. The van der Waals surface area contributed by atoms with Gasteiger partial charge in [-0.2, -0.15) is 5.10 Å². The molecule has 1 N–H and O–H groups in total. The Kier molecular flexibility index (Phi) is 4.68. The van der Waals surface area contributed by atoms with Crippen LogP contribution in [0.3, 0.4) is 0 Å². The fraction of sp³-hybridized carbons (Fsp3) is 0.250. The van der Waals surface area contributed by atoms with Crippen LogP contribution in [0.5, 0.6) is 5.75 Å². The first-order valence-corrected chi connectivity index (χ1v) is 7.22. The number of hydrogen-bond acceptors (Lipinski definition) is 5. The van der Waals surface area contributed by atoms with Crippen LogP contribution in [-0.4, -0.2) is 26.5 Å². The Hall–Kier alpha value is -2.67. The third-order valence-corrected chi connectivity index (χ3v) is 3.19. The highest BCUT2D eigenvalue weighted by molar-refractivity contribution is 5.52. The lowest BCUT2D eigenvalue weighted by atomic mass is 10.3. The minimum Gasteiger partial charge on any atom is -0.485 e. The van der Waals surface area contributed by atoms with Crippen molar-refractivity contribution in [2.24, 2.45) is 0 Å². The Morgan fingerprint density at radius 3 is 2.96 bits per heavy atom. The summed E-state index contributed by atoms with van der Waals surface area (Å²) in [5.41, 5.74) is 0.799. The Labute approximate surface area is 132 Å². The highest BCUT2D eigenvalue weighted by Crippen LogP contribution is 2.19. The maximum atomic E-state index is 13.1. The number of hydrogen-bond donors (Lipinski definition) is 1. The van der Waals surface area contributed by atoms with Gasteiger partial charge in [0.15, 0.2) is 11.6 Å². The van der Waals surface area contributed by atoms with E-state index < -0.39 is 0 Å². The summed E-state index contributed by atoms with van der Waals surface area (Å²) in [7, 11) is 0. The number of aromatic nitrogens is 3. The van der Waals surface area contributed by atoms with Gasteiger partial charge in [0, 0.05) is 19.2 Å². The number of furan rings is 1. The van der Waals surface area contributed by atoms with E-state index in [4.69, 9.17) is 14.3 Å². The smallest absolute Gasteiger partial charge is 0.188 e. The van der Waals surface area contributed by atoms with Crippen molar-refractivity contribution < 1.29 is 18.7 Å². The predicted octanol–water partition coefficient (Wildman–Crippen LogP) is 2.64. The van der Waals surface area contributed by atoms with Gasteiger partial charge in [0.25, 0.3) is 0 Å². The minimum atomic E-state index is -0.358. The van der Waals surface area contributed by atoms with Crippen LogP contribution >= 0.6 is 0 Å². The molecular weight excluding hydrogens is 301 g/mol. The Morgan fingerprint density at radius 1 is 1.30 bits per heavy atom. The number of nitrogens with zero attached hydrogens (tertiary/aromatic N) is 3. The molecule has 7 heteroatoms. The number of aliphatic hydroxyl groups is 1. The quantitative estimate of drug-likeness (QED) is 0.725. The van der Waals surface area contributed by atoms with Crippen molar-refractivity contribution in [2.75, 3.05) is 6.61 Å². The Bertz CT molecular complexity index is 756. The highest BCUT2D eigenvalue weighted by Gasteiger charge is 2.13. The first-order chi connectivity index (χ1) is 11.3. The van der Waals surface area contributed by atoms with Crippen LogP contribution in [0, 0.1) is 5.82 Å². The van der Waals surface area contributed by atoms with Crippen molar-refractivity contribution in [3.05, 3.63) is 54.5 Å². The zero-order valence-corrected chi connectivity index (χ0v) is 12.4. The van der Waals surface area contributed by atoms with Crippen LogP contribution in [0.25, 0.3) is 11.4 Å². The van der Waals surface area contributed by atoms with Gasteiger partial charge in [-0.3, -0.25) is 0 Å². The molecule has 3 aromatic rings. The van der Waals surface area contributed by atoms with Crippen molar-refractivity contribution in [1.82, 2.24) is 14.8 Å². The van der Waals surface area contributed by atoms with Crippen LogP contribution in [0.2, 0.25) is 0 Å². The summed E-state index contributed by atoms with van der Waals surface area (Å²) in [6, 6.07) is 7.69. The average Bonchev–Trinajstić information content (AvgIpc) is 3.20. The molecule has 2 aromatic heterocycles. The molecule has 0 aliphatic rings. The molecule has 0 bridgehead atoms. The van der Waals surface area contributed by atoms with E-state index in [-0.39, 0.29) is 19.0 Å². The van der Waals surface area contributed by atoms with Gasteiger partial charge in [-0.15, -0.1) is 0 Å².